The van der Waals surface area contributed by atoms with Crippen LogP contribution in [0.3, 0.4) is 0 Å². The molecule has 0 aromatic heterocycles. The van der Waals surface area contributed by atoms with E-state index >= 15 is 0 Å². The second kappa shape index (κ2) is 5.08. The Morgan fingerprint density at radius 3 is 2.56 bits per heavy atom. The molecule has 18 heavy (non-hydrogen) atoms. The van der Waals surface area contributed by atoms with Crippen LogP contribution >= 0.6 is 0 Å². The van der Waals surface area contributed by atoms with Crippen molar-refractivity contribution < 1.29 is 4.39 Å². The van der Waals surface area contributed by atoms with Crippen LogP contribution < -0.4 is 10.6 Å². The average molecular weight is 244 g/mol. The standard InChI is InChI=1S/C15H17FN2/c1-11-7-8-15(14(17)9-11)18(2)10-12-5-3-4-6-13(12)16/h3-9H,10,17H2,1-2H3. The summed E-state index contributed by atoms with van der Waals surface area (Å²) in [4.78, 5) is 1.95. The van der Waals surface area contributed by atoms with Crippen LogP contribution in [0.4, 0.5) is 15.8 Å². The molecule has 0 saturated heterocycles. The van der Waals surface area contributed by atoms with Crippen LogP contribution in [0.5, 0.6) is 0 Å². The van der Waals surface area contributed by atoms with Gasteiger partial charge in [0.05, 0.1) is 11.4 Å². The molecule has 0 fully saturated rings. The molecule has 0 aliphatic carbocycles. The SMILES string of the molecule is Cc1ccc(N(C)Cc2ccccc2F)c(N)c1. The molecule has 2 nitrogen and oxygen atoms in total. The molecule has 3 heteroatoms. The van der Waals surface area contributed by atoms with Crippen LogP contribution in [0.1, 0.15) is 11.1 Å². The van der Waals surface area contributed by atoms with Crippen molar-refractivity contribution >= 4 is 11.4 Å². The molecule has 0 radical (unpaired) electrons. The van der Waals surface area contributed by atoms with Gasteiger partial charge in [-0.15, -0.1) is 0 Å². The molecular formula is C15H17FN2. The lowest BCUT2D eigenvalue weighted by atomic mass is 10.1. The van der Waals surface area contributed by atoms with Gasteiger partial charge in [-0.05, 0) is 30.7 Å². The van der Waals surface area contributed by atoms with Gasteiger partial charge in [0.15, 0.2) is 0 Å². The number of nitrogens with two attached hydrogens (primary N) is 1. The Labute approximate surface area is 107 Å². The highest BCUT2D eigenvalue weighted by molar-refractivity contribution is 5.68. The zero-order valence-electron chi connectivity index (χ0n) is 10.7. The minimum absolute atomic E-state index is 0.185. The molecule has 2 aromatic carbocycles. The number of aryl methyl sites for hydroxylation is 1. The minimum atomic E-state index is -0.185. The van der Waals surface area contributed by atoms with E-state index in [0.29, 0.717) is 17.8 Å². The molecule has 94 valence electrons. The van der Waals surface area contributed by atoms with Gasteiger partial charge in [0.2, 0.25) is 0 Å². The van der Waals surface area contributed by atoms with Crippen molar-refractivity contribution in [3.63, 3.8) is 0 Å². The molecule has 2 rings (SSSR count). The van der Waals surface area contributed by atoms with Gasteiger partial charge >= 0.3 is 0 Å². The van der Waals surface area contributed by atoms with Gasteiger partial charge in [0.25, 0.3) is 0 Å². The summed E-state index contributed by atoms with van der Waals surface area (Å²) < 4.78 is 13.6. The third kappa shape index (κ3) is 2.62. The fraction of sp³-hybridized carbons (Fsp3) is 0.200. The van der Waals surface area contributed by atoms with E-state index in [1.54, 1.807) is 12.1 Å². The quantitative estimate of drug-likeness (QED) is 0.839. The molecule has 0 heterocycles. The van der Waals surface area contributed by atoms with Crippen molar-refractivity contribution in [1.29, 1.82) is 0 Å². The molecule has 0 aliphatic rings. The lowest BCUT2D eigenvalue weighted by Gasteiger charge is -2.21. The Bertz CT molecular complexity index is 552. The van der Waals surface area contributed by atoms with Gasteiger partial charge in [-0.3, -0.25) is 0 Å². The lowest BCUT2D eigenvalue weighted by molar-refractivity contribution is 0.608. The van der Waals surface area contributed by atoms with Crippen molar-refractivity contribution in [3.8, 4) is 0 Å². The third-order valence-corrected chi connectivity index (χ3v) is 2.96. The van der Waals surface area contributed by atoms with E-state index in [2.05, 4.69) is 0 Å². The summed E-state index contributed by atoms with van der Waals surface area (Å²) in [5.74, 6) is -0.185. The summed E-state index contributed by atoms with van der Waals surface area (Å²) in [5.41, 5.74) is 9.40. The first-order chi connectivity index (χ1) is 8.58. The molecule has 2 aromatic rings. The third-order valence-electron chi connectivity index (χ3n) is 2.96. The highest BCUT2D eigenvalue weighted by Crippen LogP contribution is 2.24. The fourth-order valence-electron chi connectivity index (χ4n) is 1.99. The second-order valence-corrected chi connectivity index (χ2v) is 4.51. The number of hydrogen-bond donors (Lipinski definition) is 1. The maximum absolute atomic E-state index is 13.6. The zero-order chi connectivity index (χ0) is 13.1. The molecule has 2 N–H and O–H groups in total. The summed E-state index contributed by atoms with van der Waals surface area (Å²) >= 11 is 0. The van der Waals surface area contributed by atoms with Crippen LogP contribution in [-0.4, -0.2) is 7.05 Å². The van der Waals surface area contributed by atoms with Gasteiger partial charge in [-0.25, -0.2) is 4.39 Å². The number of halogens is 1. The van der Waals surface area contributed by atoms with Crippen molar-refractivity contribution in [2.45, 2.75) is 13.5 Å². The van der Waals surface area contributed by atoms with Crippen LogP contribution in [0.15, 0.2) is 42.5 Å². The van der Waals surface area contributed by atoms with E-state index < -0.39 is 0 Å². The van der Waals surface area contributed by atoms with Gasteiger partial charge < -0.3 is 10.6 Å². The number of nitrogens with zero attached hydrogens (tertiary/aromatic N) is 1. The highest BCUT2D eigenvalue weighted by atomic mass is 19.1. The zero-order valence-corrected chi connectivity index (χ0v) is 10.7. The van der Waals surface area contributed by atoms with Crippen LogP contribution in [0.25, 0.3) is 0 Å². The normalized spacial score (nSPS) is 10.4. The number of rotatable bonds is 3. The van der Waals surface area contributed by atoms with Crippen molar-refractivity contribution in [2.75, 3.05) is 17.7 Å². The molecule has 0 amide bonds. The Balaban J connectivity index is 2.22. The molecule has 0 unspecified atom stereocenters. The smallest absolute Gasteiger partial charge is 0.128 e. The van der Waals surface area contributed by atoms with Crippen LogP contribution in [0.2, 0.25) is 0 Å². The molecule has 0 atom stereocenters. The number of benzene rings is 2. The molecule has 0 aliphatic heterocycles. The number of hydrogen-bond acceptors (Lipinski definition) is 2. The summed E-state index contributed by atoms with van der Waals surface area (Å²) in [6.45, 7) is 2.50. The average Bonchev–Trinajstić information content (AvgIpc) is 2.32. The summed E-state index contributed by atoms with van der Waals surface area (Å²) in [5, 5.41) is 0. The topological polar surface area (TPSA) is 29.3 Å². The van der Waals surface area contributed by atoms with Crippen LogP contribution in [-0.2, 0) is 6.54 Å². The van der Waals surface area contributed by atoms with E-state index in [1.165, 1.54) is 6.07 Å². The monoisotopic (exact) mass is 244 g/mol. The summed E-state index contributed by atoms with van der Waals surface area (Å²) in [6, 6.07) is 12.7. The van der Waals surface area contributed by atoms with Crippen molar-refractivity contribution in [2.24, 2.45) is 0 Å². The Morgan fingerprint density at radius 2 is 1.89 bits per heavy atom. The Kier molecular flexibility index (Phi) is 3.51. The van der Waals surface area contributed by atoms with E-state index in [9.17, 15) is 4.39 Å². The first-order valence-corrected chi connectivity index (χ1v) is 5.88. The second-order valence-electron chi connectivity index (χ2n) is 4.51. The van der Waals surface area contributed by atoms with Gasteiger partial charge in [0.1, 0.15) is 5.82 Å². The number of anilines is 2. The molecule has 0 spiro atoms. The van der Waals surface area contributed by atoms with E-state index in [1.807, 2.05) is 43.1 Å². The van der Waals surface area contributed by atoms with Crippen molar-refractivity contribution in [1.82, 2.24) is 0 Å². The minimum Gasteiger partial charge on any atom is -0.397 e. The van der Waals surface area contributed by atoms with Crippen molar-refractivity contribution in [3.05, 3.63) is 59.4 Å². The van der Waals surface area contributed by atoms with Gasteiger partial charge in [-0.2, -0.15) is 0 Å². The van der Waals surface area contributed by atoms with E-state index in [0.717, 1.165) is 11.3 Å². The first kappa shape index (κ1) is 12.4. The lowest BCUT2D eigenvalue weighted by Crippen LogP contribution is -2.18. The largest absolute Gasteiger partial charge is 0.397 e. The Morgan fingerprint density at radius 1 is 1.17 bits per heavy atom. The molecule has 0 saturated carbocycles. The maximum atomic E-state index is 13.6. The van der Waals surface area contributed by atoms with E-state index in [4.69, 9.17) is 5.73 Å². The predicted octanol–water partition coefficient (Wildman–Crippen LogP) is 3.35. The summed E-state index contributed by atoms with van der Waals surface area (Å²) in [7, 11) is 1.91. The van der Waals surface area contributed by atoms with Crippen LogP contribution in [0, 0.1) is 12.7 Å². The van der Waals surface area contributed by atoms with Gasteiger partial charge in [-0.1, -0.05) is 24.3 Å². The first-order valence-electron chi connectivity index (χ1n) is 5.88. The maximum Gasteiger partial charge on any atom is 0.128 e. The Hall–Kier alpha value is -2.03. The highest BCUT2D eigenvalue weighted by Gasteiger charge is 2.08. The number of nitrogen functional groups attached to an aromatic ring is 1. The molecular weight excluding hydrogens is 227 g/mol. The predicted molar refractivity (Wildman–Crippen MR) is 74.1 cm³/mol. The van der Waals surface area contributed by atoms with E-state index in [-0.39, 0.29) is 5.82 Å². The fourth-order valence-corrected chi connectivity index (χ4v) is 1.99. The molecule has 0 bridgehead atoms. The van der Waals surface area contributed by atoms with Gasteiger partial charge in [0, 0.05) is 19.2 Å². The summed E-state index contributed by atoms with van der Waals surface area (Å²) in [6.07, 6.45) is 0.